The van der Waals surface area contributed by atoms with Crippen molar-refractivity contribution in [2.45, 2.75) is 32.8 Å². The second-order valence-corrected chi connectivity index (χ2v) is 5.46. The maximum absolute atomic E-state index is 14.0. The first-order valence-corrected chi connectivity index (χ1v) is 7.21. The van der Waals surface area contributed by atoms with Crippen LogP contribution in [0, 0.1) is 19.7 Å². The van der Waals surface area contributed by atoms with E-state index in [4.69, 9.17) is 9.26 Å². The molecular weight excluding hydrogens is 287 g/mol. The average Bonchev–Trinajstić information content (AvgIpc) is 3.13. The van der Waals surface area contributed by atoms with Crippen LogP contribution in [0.25, 0.3) is 11.3 Å². The summed E-state index contributed by atoms with van der Waals surface area (Å²) < 4.78 is 24.5. The Balaban J connectivity index is 1.85. The standard InChI is InChI=1S/C16H17FN2O3/c1-9-5-6-12(17)11(8-9)14-10(2)16(22-19-14)18-15(20)13-4-3-7-21-13/h5-6,8,13H,3-4,7H2,1-2H3,(H,18,20)/t13-/m1/s1. The summed E-state index contributed by atoms with van der Waals surface area (Å²) >= 11 is 0. The molecule has 1 aliphatic rings. The van der Waals surface area contributed by atoms with Gasteiger partial charge in [-0.3, -0.25) is 10.1 Å². The topological polar surface area (TPSA) is 64.4 Å². The average molecular weight is 304 g/mol. The van der Waals surface area contributed by atoms with E-state index in [1.807, 2.05) is 6.92 Å². The molecule has 1 aromatic carbocycles. The van der Waals surface area contributed by atoms with E-state index in [2.05, 4.69) is 10.5 Å². The van der Waals surface area contributed by atoms with Crippen molar-refractivity contribution in [1.29, 1.82) is 0 Å². The van der Waals surface area contributed by atoms with Crippen LogP contribution in [0.3, 0.4) is 0 Å². The number of amides is 1. The normalized spacial score (nSPS) is 17.7. The maximum Gasteiger partial charge on any atom is 0.255 e. The van der Waals surface area contributed by atoms with Gasteiger partial charge < -0.3 is 9.26 Å². The zero-order valence-corrected chi connectivity index (χ0v) is 12.5. The van der Waals surface area contributed by atoms with Gasteiger partial charge in [-0.05, 0) is 38.8 Å². The SMILES string of the molecule is Cc1ccc(F)c(-c2noc(NC(=O)[C@H]3CCCO3)c2C)c1. The molecule has 2 aromatic rings. The van der Waals surface area contributed by atoms with E-state index in [0.29, 0.717) is 29.8 Å². The molecule has 6 heteroatoms. The number of anilines is 1. The molecule has 1 saturated heterocycles. The van der Waals surface area contributed by atoms with Gasteiger partial charge in [0.1, 0.15) is 17.6 Å². The van der Waals surface area contributed by atoms with E-state index in [9.17, 15) is 9.18 Å². The molecule has 5 nitrogen and oxygen atoms in total. The fraction of sp³-hybridized carbons (Fsp3) is 0.375. The molecule has 1 atom stereocenters. The Labute approximate surface area is 127 Å². The molecule has 2 heterocycles. The van der Waals surface area contributed by atoms with Gasteiger partial charge in [0, 0.05) is 17.7 Å². The Hall–Kier alpha value is -2.21. The molecule has 1 amide bonds. The molecule has 0 aliphatic carbocycles. The number of carbonyl (C=O) groups excluding carboxylic acids is 1. The summed E-state index contributed by atoms with van der Waals surface area (Å²) in [7, 11) is 0. The lowest BCUT2D eigenvalue weighted by Crippen LogP contribution is -2.26. The zero-order valence-electron chi connectivity index (χ0n) is 12.5. The number of halogens is 1. The molecule has 0 unspecified atom stereocenters. The molecule has 116 valence electrons. The molecule has 1 fully saturated rings. The number of aryl methyl sites for hydroxylation is 1. The summed E-state index contributed by atoms with van der Waals surface area (Å²) in [5.41, 5.74) is 2.27. The van der Waals surface area contributed by atoms with Crippen molar-refractivity contribution in [3.63, 3.8) is 0 Å². The van der Waals surface area contributed by atoms with Crippen molar-refractivity contribution >= 4 is 11.8 Å². The fourth-order valence-electron chi connectivity index (χ4n) is 2.50. The Morgan fingerprint density at radius 1 is 1.41 bits per heavy atom. The van der Waals surface area contributed by atoms with Gasteiger partial charge in [-0.2, -0.15) is 0 Å². The first-order chi connectivity index (χ1) is 10.6. The van der Waals surface area contributed by atoms with Gasteiger partial charge in [-0.25, -0.2) is 4.39 Å². The molecule has 1 aliphatic heterocycles. The number of hydrogen-bond donors (Lipinski definition) is 1. The summed E-state index contributed by atoms with van der Waals surface area (Å²) in [5, 5.41) is 6.56. The van der Waals surface area contributed by atoms with Crippen LogP contribution >= 0.6 is 0 Å². The van der Waals surface area contributed by atoms with Crippen molar-refractivity contribution < 1.29 is 18.4 Å². The minimum Gasteiger partial charge on any atom is -0.368 e. The van der Waals surface area contributed by atoms with Gasteiger partial charge in [0.2, 0.25) is 5.88 Å². The third-order valence-corrected chi connectivity index (χ3v) is 3.76. The highest BCUT2D eigenvalue weighted by molar-refractivity contribution is 5.94. The highest BCUT2D eigenvalue weighted by Gasteiger charge is 2.26. The minimum atomic E-state index is -0.455. The number of nitrogens with one attached hydrogen (secondary N) is 1. The van der Waals surface area contributed by atoms with E-state index in [-0.39, 0.29) is 17.6 Å². The number of ether oxygens (including phenoxy) is 1. The quantitative estimate of drug-likeness (QED) is 0.945. The van der Waals surface area contributed by atoms with E-state index in [0.717, 1.165) is 12.0 Å². The van der Waals surface area contributed by atoms with Crippen molar-refractivity contribution in [2.75, 3.05) is 11.9 Å². The van der Waals surface area contributed by atoms with E-state index < -0.39 is 6.10 Å². The highest BCUT2D eigenvalue weighted by atomic mass is 19.1. The number of hydrogen-bond acceptors (Lipinski definition) is 4. The molecule has 22 heavy (non-hydrogen) atoms. The third-order valence-electron chi connectivity index (χ3n) is 3.76. The van der Waals surface area contributed by atoms with Crippen LogP contribution in [0.15, 0.2) is 22.7 Å². The molecule has 0 spiro atoms. The monoisotopic (exact) mass is 304 g/mol. The maximum atomic E-state index is 14.0. The van der Waals surface area contributed by atoms with Crippen molar-refractivity contribution in [2.24, 2.45) is 0 Å². The van der Waals surface area contributed by atoms with Crippen LogP contribution in [0.4, 0.5) is 10.3 Å². The van der Waals surface area contributed by atoms with Crippen LogP contribution in [-0.4, -0.2) is 23.8 Å². The van der Waals surface area contributed by atoms with Crippen molar-refractivity contribution in [3.8, 4) is 11.3 Å². The van der Waals surface area contributed by atoms with E-state index >= 15 is 0 Å². The van der Waals surface area contributed by atoms with Gasteiger partial charge >= 0.3 is 0 Å². The number of benzene rings is 1. The second-order valence-electron chi connectivity index (χ2n) is 5.46. The zero-order chi connectivity index (χ0) is 15.7. The van der Waals surface area contributed by atoms with Gasteiger partial charge in [0.05, 0.1) is 0 Å². The second kappa shape index (κ2) is 5.88. The Bertz CT molecular complexity index is 705. The lowest BCUT2D eigenvalue weighted by molar-refractivity contribution is -0.124. The third kappa shape index (κ3) is 2.74. The highest BCUT2D eigenvalue weighted by Crippen LogP contribution is 2.30. The molecular formula is C16H17FN2O3. The van der Waals surface area contributed by atoms with Gasteiger partial charge in [-0.15, -0.1) is 0 Å². The van der Waals surface area contributed by atoms with Gasteiger partial charge in [0.25, 0.3) is 5.91 Å². The van der Waals surface area contributed by atoms with Crippen molar-refractivity contribution in [1.82, 2.24) is 5.16 Å². The van der Waals surface area contributed by atoms with Crippen LogP contribution in [0.2, 0.25) is 0 Å². The number of carbonyl (C=O) groups is 1. The fourth-order valence-corrected chi connectivity index (χ4v) is 2.50. The summed E-state index contributed by atoms with van der Waals surface area (Å²) in [6, 6.07) is 4.78. The largest absolute Gasteiger partial charge is 0.368 e. The number of rotatable bonds is 3. The van der Waals surface area contributed by atoms with E-state index in [1.54, 1.807) is 19.1 Å². The van der Waals surface area contributed by atoms with Crippen LogP contribution < -0.4 is 5.32 Å². The van der Waals surface area contributed by atoms with Gasteiger partial charge in [0.15, 0.2) is 0 Å². The Morgan fingerprint density at radius 3 is 2.95 bits per heavy atom. The van der Waals surface area contributed by atoms with Crippen LogP contribution in [-0.2, 0) is 9.53 Å². The molecule has 0 saturated carbocycles. The number of aromatic nitrogens is 1. The lowest BCUT2D eigenvalue weighted by atomic mass is 10.1. The molecule has 1 aromatic heterocycles. The van der Waals surface area contributed by atoms with E-state index in [1.165, 1.54) is 6.07 Å². The summed E-state index contributed by atoms with van der Waals surface area (Å²) in [5.74, 6) is -0.400. The van der Waals surface area contributed by atoms with Crippen LogP contribution in [0.1, 0.15) is 24.0 Å². The van der Waals surface area contributed by atoms with Crippen molar-refractivity contribution in [3.05, 3.63) is 35.1 Å². The molecule has 1 N–H and O–H groups in total. The molecule has 0 radical (unpaired) electrons. The Kier molecular flexibility index (Phi) is 3.94. The predicted molar refractivity (Wildman–Crippen MR) is 79.0 cm³/mol. The summed E-state index contributed by atoms with van der Waals surface area (Å²) in [4.78, 5) is 12.0. The van der Waals surface area contributed by atoms with Gasteiger partial charge in [-0.1, -0.05) is 16.8 Å². The Morgan fingerprint density at radius 2 is 2.23 bits per heavy atom. The summed E-state index contributed by atoms with van der Waals surface area (Å²) in [6.45, 7) is 4.20. The molecule has 0 bridgehead atoms. The minimum absolute atomic E-state index is 0.233. The number of nitrogens with zero attached hydrogens (tertiary/aromatic N) is 1. The van der Waals surface area contributed by atoms with Crippen LogP contribution in [0.5, 0.6) is 0 Å². The summed E-state index contributed by atoms with van der Waals surface area (Å²) in [6.07, 6.45) is 1.11. The lowest BCUT2D eigenvalue weighted by Gasteiger charge is -2.08. The first-order valence-electron chi connectivity index (χ1n) is 7.21. The molecule has 3 rings (SSSR count). The predicted octanol–water partition coefficient (Wildman–Crippen LogP) is 3.22. The smallest absolute Gasteiger partial charge is 0.255 e. The first kappa shape index (κ1) is 14.7.